The molecule has 0 radical (unpaired) electrons. The van der Waals surface area contributed by atoms with Gasteiger partial charge in [-0.05, 0) is 74.4 Å². The summed E-state index contributed by atoms with van der Waals surface area (Å²) < 4.78 is 34.8. The molecule has 0 saturated carbocycles. The molecule has 0 aromatic heterocycles. The largest absolute Gasteiger partial charge is 0.492 e. The zero-order valence-corrected chi connectivity index (χ0v) is 26.0. The second kappa shape index (κ2) is 14.8. The van der Waals surface area contributed by atoms with Crippen molar-refractivity contribution >= 4 is 62.3 Å². The van der Waals surface area contributed by atoms with E-state index >= 15 is 0 Å². The maximum Gasteiger partial charge on any atom is 0.264 e. The molecular weight excluding hydrogens is 609 g/mol. The summed E-state index contributed by atoms with van der Waals surface area (Å²) in [6.07, 6.45) is 0.290. The van der Waals surface area contributed by atoms with Gasteiger partial charge in [0, 0.05) is 18.1 Å². The molecule has 220 valence electrons. The zero-order valence-electron chi connectivity index (χ0n) is 22.9. The van der Waals surface area contributed by atoms with Gasteiger partial charge in [-0.3, -0.25) is 13.9 Å². The van der Waals surface area contributed by atoms with Gasteiger partial charge in [0.1, 0.15) is 18.3 Å². The van der Waals surface area contributed by atoms with Crippen LogP contribution in [0.1, 0.15) is 32.8 Å². The molecule has 3 rings (SSSR count). The summed E-state index contributed by atoms with van der Waals surface area (Å²) in [6, 6.07) is 16.3. The highest BCUT2D eigenvalue weighted by atomic mass is 35.5. The van der Waals surface area contributed by atoms with Crippen LogP contribution in [0.5, 0.6) is 5.75 Å². The first-order valence-electron chi connectivity index (χ1n) is 13.0. The summed E-state index contributed by atoms with van der Waals surface area (Å²) in [5.74, 6) is -0.671. The monoisotopic (exact) mass is 639 g/mol. The van der Waals surface area contributed by atoms with E-state index in [-0.39, 0.29) is 35.4 Å². The fraction of sp³-hybridized carbons (Fsp3) is 0.310. The summed E-state index contributed by atoms with van der Waals surface area (Å²) in [5.41, 5.74) is 0.801. The lowest BCUT2D eigenvalue weighted by molar-refractivity contribution is -0.140. The lowest BCUT2D eigenvalue weighted by Gasteiger charge is -2.33. The van der Waals surface area contributed by atoms with Crippen LogP contribution in [0.25, 0.3) is 0 Å². The predicted octanol–water partition coefficient (Wildman–Crippen LogP) is 6.18. The van der Waals surface area contributed by atoms with Gasteiger partial charge in [-0.15, -0.1) is 0 Å². The van der Waals surface area contributed by atoms with Crippen LogP contribution in [0.2, 0.25) is 15.1 Å². The zero-order chi connectivity index (χ0) is 30.2. The summed E-state index contributed by atoms with van der Waals surface area (Å²) in [4.78, 5) is 28.5. The van der Waals surface area contributed by atoms with Crippen LogP contribution in [0.4, 0.5) is 5.69 Å². The molecule has 0 aliphatic carbocycles. The molecule has 1 N–H and O–H groups in total. The molecule has 41 heavy (non-hydrogen) atoms. The van der Waals surface area contributed by atoms with E-state index in [0.29, 0.717) is 33.6 Å². The van der Waals surface area contributed by atoms with Crippen LogP contribution in [-0.4, -0.2) is 50.9 Å². The van der Waals surface area contributed by atoms with Crippen molar-refractivity contribution in [2.24, 2.45) is 0 Å². The van der Waals surface area contributed by atoms with Crippen molar-refractivity contribution in [2.75, 3.05) is 24.0 Å². The minimum atomic E-state index is -4.28. The van der Waals surface area contributed by atoms with E-state index in [2.05, 4.69) is 5.32 Å². The van der Waals surface area contributed by atoms with Gasteiger partial charge in [0.15, 0.2) is 0 Å². The smallest absolute Gasteiger partial charge is 0.264 e. The molecular formula is C29H32Cl3N3O5S. The Morgan fingerprint density at radius 1 is 0.927 bits per heavy atom. The molecule has 3 aromatic carbocycles. The Labute approximate surface area is 256 Å². The molecule has 0 spiro atoms. The molecule has 8 nitrogen and oxygen atoms in total. The first-order chi connectivity index (χ1) is 19.5. The number of amides is 2. The molecule has 0 aliphatic heterocycles. The number of carbonyl (C=O) groups is 2. The number of anilines is 1. The van der Waals surface area contributed by atoms with E-state index in [1.807, 2.05) is 0 Å². The Kier molecular flexibility index (Phi) is 11.7. The molecule has 3 aromatic rings. The van der Waals surface area contributed by atoms with Crippen molar-refractivity contribution in [3.05, 3.63) is 87.4 Å². The molecule has 0 saturated heterocycles. The third-order valence-corrected chi connectivity index (χ3v) is 8.95. The lowest BCUT2D eigenvalue weighted by Crippen LogP contribution is -2.52. The average Bonchev–Trinajstić information content (AvgIpc) is 2.94. The normalized spacial score (nSPS) is 12.0. The lowest BCUT2D eigenvalue weighted by atomic mass is 10.1. The molecule has 1 unspecified atom stereocenters. The minimum absolute atomic E-state index is 0.00664. The highest BCUT2D eigenvalue weighted by Crippen LogP contribution is 2.33. The summed E-state index contributed by atoms with van der Waals surface area (Å²) in [6.45, 7) is 5.36. The Balaban J connectivity index is 2.12. The summed E-state index contributed by atoms with van der Waals surface area (Å²) >= 11 is 18.3. The summed E-state index contributed by atoms with van der Waals surface area (Å²) in [5, 5.41) is 3.76. The predicted molar refractivity (Wildman–Crippen MR) is 163 cm³/mol. The van der Waals surface area contributed by atoms with Gasteiger partial charge in [-0.1, -0.05) is 59.9 Å². The number of likely N-dealkylation sites (N-methyl/N-ethyl adjacent to an activating group) is 1. The second-order valence-electron chi connectivity index (χ2n) is 8.96. The number of halogens is 3. The van der Waals surface area contributed by atoms with Gasteiger partial charge < -0.3 is 15.0 Å². The number of hydrogen-bond acceptors (Lipinski definition) is 5. The minimum Gasteiger partial charge on any atom is -0.492 e. The molecule has 2 amide bonds. The number of ether oxygens (including phenoxy) is 1. The van der Waals surface area contributed by atoms with Crippen LogP contribution in [-0.2, 0) is 26.2 Å². The Bertz CT molecular complexity index is 1470. The van der Waals surface area contributed by atoms with Crippen molar-refractivity contribution in [1.82, 2.24) is 10.2 Å². The van der Waals surface area contributed by atoms with Crippen molar-refractivity contribution in [1.29, 1.82) is 0 Å². The van der Waals surface area contributed by atoms with Gasteiger partial charge in [0.25, 0.3) is 10.0 Å². The van der Waals surface area contributed by atoms with Gasteiger partial charge in [-0.25, -0.2) is 8.42 Å². The van der Waals surface area contributed by atoms with E-state index < -0.39 is 28.5 Å². The van der Waals surface area contributed by atoms with Gasteiger partial charge in [-0.2, -0.15) is 0 Å². The molecule has 0 aliphatic rings. The number of carbonyl (C=O) groups excluding carboxylic acids is 2. The number of nitrogens with zero attached hydrogens (tertiary/aromatic N) is 2. The van der Waals surface area contributed by atoms with Crippen molar-refractivity contribution < 1.29 is 22.7 Å². The number of para-hydroxylation sites is 2. The van der Waals surface area contributed by atoms with Gasteiger partial charge in [0.05, 0.1) is 27.2 Å². The number of rotatable bonds is 13. The highest BCUT2D eigenvalue weighted by molar-refractivity contribution is 7.92. The number of hydrogen-bond donors (Lipinski definition) is 1. The Hall–Kier alpha value is -2.98. The average molecular weight is 641 g/mol. The van der Waals surface area contributed by atoms with Crippen LogP contribution in [0.15, 0.2) is 71.6 Å². The third kappa shape index (κ3) is 8.07. The maximum absolute atomic E-state index is 14.1. The summed E-state index contributed by atoms with van der Waals surface area (Å²) in [7, 11) is -4.28. The molecule has 12 heteroatoms. The number of benzene rings is 3. The van der Waals surface area contributed by atoms with E-state index in [4.69, 9.17) is 39.5 Å². The van der Waals surface area contributed by atoms with Gasteiger partial charge in [0.2, 0.25) is 11.8 Å². The first-order valence-corrected chi connectivity index (χ1v) is 15.6. The van der Waals surface area contributed by atoms with Crippen LogP contribution in [0, 0.1) is 0 Å². The van der Waals surface area contributed by atoms with Crippen LogP contribution >= 0.6 is 34.8 Å². The Morgan fingerprint density at radius 3 is 2.22 bits per heavy atom. The topological polar surface area (TPSA) is 96.0 Å². The molecule has 0 bridgehead atoms. The maximum atomic E-state index is 14.1. The van der Waals surface area contributed by atoms with Crippen molar-refractivity contribution in [2.45, 2.75) is 44.7 Å². The van der Waals surface area contributed by atoms with E-state index in [0.717, 1.165) is 4.31 Å². The third-order valence-electron chi connectivity index (χ3n) is 6.19. The van der Waals surface area contributed by atoms with E-state index in [9.17, 15) is 18.0 Å². The van der Waals surface area contributed by atoms with E-state index in [1.165, 1.54) is 29.2 Å². The standard InChI is InChI=1S/C29H32Cl3N3O5S/c1-4-25(29(37)33-5-2)34(18-20-11-16-23(31)24(32)17-20)28(36)19-35(26-9-7-8-10-27(26)40-6-3)41(38,39)22-14-12-21(30)13-15-22/h7-17,25H,4-6,18-19H2,1-3H3,(H,33,37). The number of sulfonamides is 1. The van der Waals surface area contributed by atoms with Gasteiger partial charge >= 0.3 is 0 Å². The first kappa shape index (κ1) is 32.5. The highest BCUT2D eigenvalue weighted by Gasteiger charge is 2.34. The molecule has 0 fully saturated rings. The fourth-order valence-corrected chi connectivity index (χ4v) is 6.11. The van der Waals surface area contributed by atoms with Crippen LogP contribution in [0.3, 0.4) is 0 Å². The number of nitrogens with one attached hydrogen (secondary N) is 1. The Morgan fingerprint density at radius 2 is 1.61 bits per heavy atom. The van der Waals surface area contributed by atoms with Crippen molar-refractivity contribution in [3.63, 3.8) is 0 Å². The fourth-order valence-electron chi connectivity index (χ4n) is 4.23. The quantitative estimate of drug-likeness (QED) is 0.241. The molecule has 0 heterocycles. The molecule has 1 atom stereocenters. The second-order valence-corrected chi connectivity index (χ2v) is 12.1. The SMILES string of the molecule is CCNC(=O)C(CC)N(Cc1ccc(Cl)c(Cl)c1)C(=O)CN(c1ccccc1OCC)S(=O)(=O)c1ccc(Cl)cc1. The van der Waals surface area contributed by atoms with E-state index in [1.54, 1.807) is 63.2 Å². The van der Waals surface area contributed by atoms with Crippen LogP contribution < -0.4 is 14.4 Å². The van der Waals surface area contributed by atoms with Crippen molar-refractivity contribution in [3.8, 4) is 5.75 Å².